The maximum Gasteiger partial charge on any atom is 0.258 e. The third-order valence-corrected chi connectivity index (χ3v) is 5.46. The summed E-state index contributed by atoms with van der Waals surface area (Å²) in [6, 6.07) is 11.5. The van der Waals surface area contributed by atoms with Crippen LogP contribution in [-0.2, 0) is 11.2 Å². The van der Waals surface area contributed by atoms with Crippen LogP contribution in [0.5, 0.6) is 11.5 Å². The predicted molar refractivity (Wildman–Crippen MR) is 111 cm³/mol. The molecule has 8 heteroatoms. The van der Waals surface area contributed by atoms with Gasteiger partial charge in [0.15, 0.2) is 17.3 Å². The van der Waals surface area contributed by atoms with Crippen LogP contribution < -0.4 is 9.47 Å². The molecule has 2 heterocycles. The molecule has 0 radical (unpaired) electrons. The van der Waals surface area contributed by atoms with Crippen molar-refractivity contribution in [1.82, 2.24) is 15.0 Å². The number of rotatable bonds is 6. The van der Waals surface area contributed by atoms with Crippen LogP contribution >= 0.6 is 0 Å². The number of likely N-dealkylation sites (tertiary alicyclic amines) is 1. The van der Waals surface area contributed by atoms with Gasteiger partial charge in [0, 0.05) is 24.6 Å². The van der Waals surface area contributed by atoms with E-state index in [2.05, 4.69) is 10.1 Å². The van der Waals surface area contributed by atoms with Gasteiger partial charge in [-0.15, -0.1) is 0 Å². The monoisotopic (exact) mass is 425 g/mol. The second-order valence-corrected chi connectivity index (χ2v) is 7.51. The molecule has 4 rings (SSSR count). The Morgan fingerprint density at radius 2 is 2.03 bits per heavy atom. The molecular weight excluding hydrogens is 401 g/mol. The van der Waals surface area contributed by atoms with Gasteiger partial charge in [-0.05, 0) is 48.7 Å². The third kappa shape index (κ3) is 4.68. The number of hydrogen-bond acceptors (Lipinski definition) is 6. The number of halogens is 1. The van der Waals surface area contributed by atoms with E-state index in [1.165, 1.54) is 12.1 Å². The number of hydrogen-bond donors (Lipinski definition) is 0. The van der Waals surface area contributed by atoms with E-state index in [-0.39, 0.29) is 30.0 Å². The Hall–Kier alpha value is -3.42. The van der Waals surface area contributed by atoms with Crippen LogP contribution in [0.25, 0.3) is 11.5 Å². The highest BCUT2D eigenvalue weighted by Crippen LogP contribution is 2.30. The average molecular weight is 425 g/mol. The van der Waals surface area contributed by atoms with Crippen LogP contribution in [0, 0.1) is 5.82 Å². The van der Waals surface area contributed by atoms with E-state index in [0.29, 0.717) is 36.0 Å². The molecule has 3 aromatic rings. The van der Waals surface area contributed by atoms with Crippen LogP contribution in [0.15, 0.2) is 47.0 Å². The Balaban J connectivity index is 1.43. The molecule has 2 aromatic carbocycles. The van der Waals surface area contributed by atoms with Gasteiger partial charge in [0.2, 0.25) is 5.91 Å². The first-order valence-corrected chi connectivity index (χ1v) is 10.2. The normalized spacial score (nSPS) is 16.2. The molecule has 1 fully saturated rings. The number of amides is 1. The fraction of sp³-hybridized carbons (Fsp3) is 0.348. The van der Waals surface area contributed by atoms with Crippen LogP contribution in [0.1, 0.15) is 30.1 Å². The summed E-state index contributed by atoms with van der Waals surface area (Å²) in [6.07, 6.45) is 1.99. The Bertz CT molecular complexity index is 1070. The molecule has 162 valence electrons. The molecule has 1 aliphatic heterocycles. The molecule has 1 aromatic heterocycles. The first-order valence-electron chi connectivity index (χ1n) is 10.2. The second kappa shape index (κ2) is 9.16. The number of ether oxygens (including phenoxy) is 2. The molecule has 0 spiro atoms. The summed E-state index contributed by atoms with van der Waals surface area (Å²) in [5.74, 6) is 1.71. The zero-order valence-electron chi connectivity index (χ0n) is 17.5. The minimum atomic E-state index is -0.359. The summed E-state index contributed by atoms with van der Waals surface area (Å²) in [5.41, 5.74) is 1.40. The van der Waals surface area contributed by atoms with Gasteiger partial charge in [-0.2, -0.15) is 4.98 Å². The number of carbonyl (C=O) groups excluding carboxylic acids is 1. The van der Waals surface area contributed by atoms with Crippen molar-refractivity contribution in [3.63, 3.8) is 0 Å². The zero-order chi connectivity index (χ0) is 21.8. The molecule has 1 amide bonds. The first kappa shape index (κ1) is 20.8. The van der Waals surface area contributed by atoms with Crippen LogP contribution in [0.3, 0.4) is 0 Å². The Labute approximate surface area is 179 Å². The zero-order valence-corrected chi connectivity index (χ0v) is 17.5. The van der Waals surface area contributed by atoms with Crippen molar-refractivity contribution in [3.8, 4) is 23.0 Å². The molecule has 0 bridgehead atoms. The fourth-order valence-electron chi connectivity index (χ4n) is 3.83. The fourth-order valence-corrected chi connectivity index (χ4v) is 3.83. The van der Waals surface area contributed by atoms with Gasteiger partial charge in [-0.3, -0.25) is 4.79 Å². The van der Waals surface area contributed by atoms with E-state index < -0.39 is 0 Å². The van der Waals surface area contributed by atoms with Gasteiger partial charge in [0.25, 0.3) is 5.89 Å². The van der Waals surface area contributed by atoms with E-state index in [1.54, 1.807) is 32.4 Å². The summed E-state index contributed by atoms with van der Waals surface area (Å²) in [6.45, 7) is 1.21. The molecule has 1 unspecified atom stereocenters. The van der Waals surface area contributed by atoms with Crippen molar-refractivity contribution in [1.29, 1.82) is 0 Å². The smallest absolute Gasteiger partial charge is 0.258 e. The molecule has 1 aliphatic rings. The van der Waals surface area contributed by atoms with E-state index in [0.717, 1.165) is 18.4 Å². The number of carbonyl (C=O) groups is 1. The van der Waals surface area contributed by atoms with Crippen LogP contribution in [-0.4, -0.2) is 48.3 Å². The van der Waals surface area contributed by atoms with Crippen molar-refractivity contribution in [3.05, 3.63) is 59.7 Å². The minimum absolute atomic E-state index is 0.0193. The molecular formula is C23H24FN3O4. The van der Waals surface area contributed by atoms with E-state index in [9.17, 15) is 9.18 Å². The first-order chi connectivity index (χ1) is 15.1. The second-order valence-electron chi connectivity index (χ2n) is 7.51. The molecule has 1 saturated heterocycles. The van der Waals surface area contributed by atoms with Gasteiger partial charge in [-0.25, -0.2) is 4.39 Å². The van der Waals surface area contributed by atoms with Crippen LogP contribution in [0.4, 0.5) is 4.39 Å². The minimum Gasteiger partial charge on any atom is -0.493 e. The highest BCUT2D eigenvalue weighted by atomic mass is 19.1. The largest absolute Gasteiger partial charge is 0.493 e. The summed E-state index contributed by atoms with van der Waals surface area (Å²) in [4.78, 5) is 19.2. The number of nitrogens with zero attached hydrogens (tertiary/aromatic N) is 3. The van der Waals surface area contributed by atoms with Gasteiger partial charge < -0.3 is 18.9 Å². The maximum atomic E-state index is 13.5. The summed E-state index contributed by atoms with van der Waals surface area (Å²) in [7, 11) is 3.15. The van der Waals surface area contributed by atoms with E-state index in [1.807, 2.05) is 17.0 Å². The standard InChI is InChI=1S/C23H24FN3O4/c1-29-19-9-8-15(11-20(19)30-2)12-21(28)27-10-4-6-17(14-27)22-25-23(31-26-22)16-5-3-7-18(24)13-16/h3,5,7-9,11,13,17H,4,6,10,12,14H2,1-2H3. The molecule has 1 atom stereocenters. The lowest BCUT2D eigenvalue weighted by Crippen LogP contribution is -2.40. The SMILES string of the molecule is COc1ccc(CC(=O)N2CCCC(c3noc(-c4cccc(F)c4)n3)C2)cc1OC. The van der Waals surface area contributed by atoms with Gasteiger partial charge in [-0.1, -0.05) is 17.3 Å². The number of aromatic nitrogens is 2. The van der Waals surface area contributed by atoms with Crippen molar-refractivity contribution < 1.29 is 23.2 Å². The molecule has 0 saturated carbocycles. The quantitative estimate of drug-likeness (QED) is 0.597. The van der Waals surface area contributed by atoms with E-state index >= 15 is 0 Å². The Morgan fingerprint density at radius 1 is 1.19 bits per heavy atom. The summed E-state index contributed by atoms with van der Waals surface area (Å²) in [5, 5.41) is 4.09. The highest BCUT2D eigenvalue weighted by Gasteiger charge is 2.28. The van der Waals surface area contributed by atoms with Crippen molar-refractivity contribution in [2.45, 2.75) is 25.2 Å². The number of benzene rings is 2. The molecule has 31 heavy (non-hydrogen) atoms. The lowest BCUT2D eigenvalue weighted by molar-refractivity contribution is -0.131. The topological polar surface area (TPSA) is 77.7 Å². The molecule has 7 nitrogen and oxygen atoms in total. The Kier molecular flexibility index (Phi) is 6.16. The van der Waals surface area contributed by atoms with Gasteiger partial charge in [0.1, 0.15) is 5.82 Å². The lowest BCUT2D eigenvalue weighted by atomic mass is 9.96. The predicted octanol–water partition coefficient (Wildman–Crippen LogP) is 3.84. The van der Waals surface area contributed by atoms with Crippen molar-refractivity contribution in [2.24, 2.45) is 0 Å². The van der Waals surface area contributed by atoms with Crippen LogP contribution in [0.2, 0.25) is 0 Å². The van der Waals surface area contributed by atoms with Gasteiger partial charge in [0.05, 0.1) is 20.6 Å². The number of piperidine rings is 1. The third-order valence-electron chi connectivity index (χ3n) is 5.46. The Morgan fingerprint density at radius 3 is 2.81 bits per heavy atom. The number of methoxy groups -OCH3 is 2. The lowest BCUT2D eigenvalue weighted by Gasteiger charge is -2.31. The maximum absolute atomic E-state index is 13.5. The van der Waals surface area contributed by atoms with Crippen molar-refractivity contribution in [2.75, 3.05) is 27.3 Å². The molecule has 0 N–H and O–H groups in total. The highest BCUT2D eigenvalue weighted by molar-refractivity contribution is 5.79. The summed E-state index contributed by atoms with van der Waals surface area (Å²) < 4.78 is 29.4. The van der Waals surface area contributed by atoms with Gasteiger partial charge >= 0.3 is 0 Å². The molecule has 0 aliphatic carbocycles. The van der Waals surface area contributed by atoms with E-state index in [4.69, 9.17) is 14.0 Å². The summed E-state index contributed by atoms with van der Waals surface area (Å²) >= 11 is 0. The van der Waals surface area contributed by atoms with Crippen molar-refractivity contribution >= 4 is 5.91 Å². The average Bonchev–Trinajstić information content (AvgIpc) is 3.29.